The van der Waals surface area contributed by atoms with Crippen LogP contribution in [-0.2, 0) is 29.1 Å². The zero-order chi connectivity index (χ0) is 38.3. The van der Waals surface area contributed by atoms with Gasteiger partial charge in [0.15, 0.2) is 0 Å². The monoisotopic (exact) mass is 790 g/mol. The molecule has 0 radical (unpaired) electrons. The fourth-order valence-electron chi connectivity index (χ4n) is 8.36. The molecule has 55 heavy (non-hydrogen) atoms. The number of para-hydroxylation sites is 2. The number of carbonyl (C=O) groups is 4. The standard InChI is InChI=1S/C39H46N6O8S2/c1-2-23-22-39(23,37(48)44-55(50,51)25-18-19-25)43-34(46)30-21-31(53-35-33(32-17-10-20-54-32)40-26-13-8-9-14-27(26)41-35)29-16-5-3-4-15-28(36(47)45(29)30)42-38(49)52-24-11-6-7-12-24/h2,8-10,13-14,17,20,23-25,28-31H,1,3-7,11-12,15-16,18-19,21-22H2,(H,42,49)(H,43,46)(H,44,48)/t23-,28?,29?,30+,31-,39?/m1/s1. The summed E-state index contributed by atoms with van der Waals surface area (Å²) in [5.41, 5.74) is 0.302. The molecule has 4 amide bonds. The van der Waals surface area contributed by atoms with Crippen molar-refractivity contribution in [2.75, 3.05) is 0 Å². The lowest BCUT2D eigenvalue weighted by Crippen LogP contribution is -2.59. The van der Waals surface area contributed by atoms with Crippen LogP contribution >= 0.6 is 11.3 Å². The minimum absolute atomic E-state index is 0.0523. The molecule has 5 fully saturated rings. The number of nitrogens with one attached hydrogen (secondary N) is 3. The van der Waals surface area contributed by atoms with Gasteiger partial charge in [-0.05, 0) is 81.4 Å². The number of alkyl carbamates (subject to hydrolysis) is 1. The summed E-state index contributed by atoms with van der Waals surface area (Å²) in [6.45, 7) is 3.81. The lowest BCUT2D eigenvalue weighted by Gasteiger charge is -2.34. The van der Waals surface area contributed by atoms with Crippen molar-refractivity contribution >= 4 is 56.2 Å². The lowest BCUT2D eigenvalue weighted by molar-refractivity contribution is -0.143. The largest absolute Gasteiger partial charge is 0.470 e. The number of nitrogens with zero attached hydrogens (tertiary/aromatic N) is 3. The number of sulfonamides is 1. The van der Waals surface area contributed by atoms with Gasteiger partial charge in [0, 0.05) is 12.3 Å². The second-order valence-electron chi connectivity index (χ2n) is 15.4. The molecule has 0 bridgehead atoms. The first kappa shape index (κ1) is 37.4. The second-order valence-corrected chi connectivity index (χ2v) is 18.3. The summed E-state index contributed by atoms with van der Waals surface area (Å²) in [7, 11) is -3.90. The minimum atomic E-state index is -3.90. The zero-order valence-electron chi connectivity index (χ0n) is 30.5. The number of thiophene rings is 1. The van der Waals surface area contributed by atoms with Crippen LogP contribution in [0.3, 0.4) is 0 Å². The van der Waals surface area contributed by atoms with E-state index in [0.717, 1.165) is 43.4 Å². The van der Waals surface area contributed by atoms with Crippen molar-refractivity contribution in [3.8, 4) is 16.5 Å². The number of benzene rings is 1. The van der Waals surface area contributed by atoms with Crippen LogP contribution in [0.1, 0.15) is 83.5 Å². The molecule has 1 aromatic carbocycles. The normalized spacial score (nSPS) is 28.3. The molecule has 3 saturated carbocycles. The topological polar surface area (TPSA) is 186 Å². The fraction of sp³-hybridized carbons (Fsp3) is 0.538. The Hall–Kier alpha value is -4.57. The van der Waals surface area contributed by atoms with Crippen molar-refractivity contribution in [3.05, 3.63) is 54.4 Å². The summed E-state index contributed by atoms with van der Waals surface area (Å²) < 4.78 is 40.3. The molecule has 292 valence electrons. The van der Waals surface area contributed by atoms with Gasteiger partial charge in [-0.2, -0.15) is 0 Å². The molecular formula is C39H46N6O8S2. The average Bonchev–Trinajstić information content (AvgIpc) is 3.94. The molecule has 6 atom stereocenters. The number of amides is 4. The van der Waals surface area contributed by atoms with Crippen LogP contribution in [0.5, 0.6) is 5.88 Å². The number of fused-ring (bicyclic) bond motifs is 2. The highest BCUT2D eigenvalue weighted by Crippen LogP contribution is 2.46. The Bertz CT molecular complexity index is 2090. The molecule has 0 spiro atoms. The minimum Gasteiger partial charge on any atom is -0.470 e. The molecule has 3 unspecified atom stereocenters. The van der Waals surface area contributed by atoms with Crippen molar-refractivity contribution in [2.45, 2.75) is 125 Å². The molecule has 2 aromatic heterocycles. The highest BCUT2D eigenvalue weighted by Gasteiger charge is 2.62. The number of hydrogen-bond donors (Lipinski definition) is 3. The maximum atomic E-state index is 14.8. The van der Waals surface area contributed by atoms with Crippen LogP contribution < -0.4 is 20.1 Å². The van der Waals surface area contributed by atoms with Gasteiger partial charge in [-0.1, -0.05) is 43.5 Å². The fourth-order valence-corrected chi connectivity index (χ4v) is 10.4. The van der Waals surface area contributed by atoms with Crippen molar-refractivity contribution in [2.24, 2.45) is 5.92 Å². The summed E-state index contributed by atoms with van der Waals surface area (Å²) in [5.74, 6) is -2.14. The number of carbonyl (C=O) groups excluding carboxylic acids is 4. The first-order valence-corrected chi connectivity index (χ1v) is 21.8. The van der Waals surface area contributed by atoms with Gasteiger partial charge in [0.25, 0.3) is 5.91 Å². The average molecular weight is 791 g/mol. The van der Waals surface area contributed by atoms with Gasteiger partial charge in [0.1, 0.15) is 35.5 Å². The molecule has 4 heterocycles. The van der Waals surface area contributed by atoms with Gasteiger partial charge in [0.05, 0.1) is 27.2 Å². The van der Waals surface area contributed by atoms with E-state index < -0.39 is 74.8 Å². The first-order valence-electron chi connectivity index (χ1n) is 19.3. The summed E-state index contributed by atoms with van der Waals surface area (Å²) in [4.78, 5) is 68.3. The highest BCUT2D eigenvalue weighted by molar-refractivity contribution is 7.91. The van der Waals surface area contributed by atoms with Crippen molar-refractivity contribution < 1.29 is 37.1 Å². The predicted molar refractivity (Wildman–Crippen MR) is 204 cm³/mol. The van der Waals surface area contributed by atoms with E-state index in [1.807, 2.05) is 41.8 Å². The summed E-state index contributed by atoms with van der Waals surface area (Å²) in [6, 6.07) is 8.62. The van der Waals surface area contributed by atoms with Crippen LogP contribution in [-0.4, -0.2) is 88.2 Å². The SMILES string of the molecule is C=C[C@@H]1CC1(NC(=O)[C@@H]1C[C@@H](Oc2nc3ccccc3nc2-c2cccs2)C2CCCCCC(NC(=O)OC3CCCC3)C(=O)N21)C(=O)NS(=O)(=O)C1CC1. The van der Waals surface area contributed by atoms with E-state index in [0.29, 0.717) is 48.8 Å². The number of rotatable bonds is 11. The predicted octanol–water partition coefficient (Wildman–Crippen LogP) is 4.75. The first-order chi connectivity index (χ1) is 26.6. The molecule has 3 aliphatic carbocycles. The van der Waals surface area contributed by atoms with E-state index in [2.05, 4.69) is 21.9 Å². The van der Waals surface area contributed by atoms with E-state index in [9.17, 15) is 27.6 Å². The van der Waals surface area contributed by atoms with Crippen LogP contribution in [0, 0.1) is 5.92 Å². The Labute approximate surface area is 323 Å². The number of aromatic nitrogens is 2. The molecule has 14 nitrogen and oxygen atoms in total. The van der Waals surface area contributed by atoms with Gasteiger partial charge in [-0.15, -0.1) is 17.9 Å². The lowest BCUT2D eigenvalue weighted by atomic mass is 10.0. The van der Waals surface area contributed by atoms with Gasteiger partial charge < -0.3 is 25.0 Å². The number of hydrogen-bond acceptors (Lipinski definition) is 11. The molecule has 16 heteroatoms. The Morgan fingerprint density at radius 2 is 1.67 bits per heavy atom. The third-order valence-electron chi connectivity index (χ3n) is 11.6. The molecule has 2 saturated heterocycles. The Balaban J connectivity index is 1.12. The molecule has 3 aromatic rings. The van der Waals surface area contributed by atoms with Crippen LogP contribution in [0.4, 0.5) is 4.79 Å². The highest BCUT2D eigenvalue weighted by atomic mass is 32.2. The molecule has 5 aliphatic rings. The molecular weight excluding hydrogens is 745 g/mol. The van der Waals surface area contributed by atoms with Crippen LogP contribution in [0.15, 0.2) is 54.4 Å². The van der Waals surface area contributed by atoms with Crippen molar-refractivity contribution in [1.82, 2.24) is 30.2 Å². The summed E-state index contributed by atoms with van der Waals surface area (Å²) in [6.07, 6.45) is 7.62. The Morgan fingerprint density at radius 1 is 0.945 bits per heavy atom. The van der Waals surface area contributed by atoms with E-state index >= 15 is 0 Å². The summed E-state index contributed by atoms with van der Waals surface area (Å²) in [5, 5.41) is 6.99. The zero-order valence-corrected chi connectivity index (χ0v) is 32.1. The second kappa shape index (κ2) is 15.2. The quantitative estimate of drug-likeness (QED) is 0.229. The van der Waals surface area contributed by atoms with Gasteiger partial charge in [0.2, 0.25) is 27.7 Å². The van der Waals surface area contributed by atoms with E-state index in [1.54, 1.807) is 0 Å². The Morgan fingerprint density at radius 3 is 2.36 bits per heavy atom. The number of ether oxygens (including phenoxy) is 2. The van der Waals surface area contributed by atoms with E-state index in [-0.39, 0.29) is 24.8 Å². The molecule has 8 rings (SSSR count). The molecule has 3 N–H and O–H groups in total. The smallest absolute Gasteiger partial charge is 0.408 e. The summed E-state index contributed by atoms with van der Waals surface area (Å²) >= 11 is 1.49. The van der Waals surface area contributed by atoms with Crippen molar-refractivity contribution in [3.63, 3.8) is 0 Å². The van der Waals surface area contributed by atoms with Gasteiger partial charge in [-0.3, -0.25) is 19.1 Å². The van der Waals surface area contributed by atoms with E-state index in [1.165, 1.54) is 22.3 Å². The maximum absolute atomic E-state index is 14.8. The third-order valence-corrected chi connectivity index (χ3v) is 14.3. The van der Waals surface area contributed by atoms with E-state index in [4.69, 9.17) is 19.4 Å². The Kier molecular flexibility index (Phi) is 10.3. The molecule has 2 aliphatic heterocycles. The maximum Gasteiger partial charge on any atom is 0.408 e. The van der Waals surface area contributed by atoms with Crippen LogP contribution in [0.2, 0.25) is 0 Å². The van der Waals surface area contributed by atoms with Crippen LogP contribution in [0.25, 0.3) is 21.6 Å². The van der Waals surface area contributed by atoms with Gasteiger partial charge in [-0.25, -0.2) is 23.2 Å². The van der Waals surface area contributed by atoms with Crippen molar-refractivity contribution in [1.29, 1.82) is 0 Å². The van der Waals surface area contributed by atoms with Gasteiger partial charge >= 0.3 is 6.09 Å². The third kappa shape index (κ3) is 7.67.